The van der Waals surface area contributed by atoms with Crippen molar-refractivity contribution in [1.29, 1.82) is 0 Å². The largest absolute Gasteiger partial charge is 0.301 e. The van der Waals surface area contributed by atoms with E-state index >= 15 is 0 Å². The first-order chi connectivity index (χ1) is 11.1. The second-order valence-corrected chi connectivity index (χ2v) is 7.65. The van der Waals surface area contributed by atoms with E-state index in [4.69, 9.17) is 0 Å². The zero-order chi connectivity index (χ0) is 16.4. The molecule has 1 amide bonds. The van der Waals surface area contributed by atoms with Gasteiger partial charge in [-0.15, -0.1) is 10.2 Å². The summed E-state index contributed by atoms with van der Waals surface area (Å²) >= 11 is 2.61. The number of fused-ring (bicyclic) bond motifs is 1. The number of aromatic amines is 1. The van der Waals surface area contributed by atoms with Gasteiger partial charge in [0.2, 0.25) is 11.0 Å². The number of nitrogens with one attached hydrogen (secondary N) is 2. The summed E-state index contributed by atoms with van der Waals surface area (Å²) in [5.41, 5.74) is 1.56. The van der Waals surface area contributed by atoms with E-state index in [-0.39, 0.29) is 11.5 Å². The fourth-order valence-electron chi connectivity index (χ4n) is 2.35. The Morgan fingerprint density at radius 2 is 2.26 bits per heavy atom. The second kappa shape index (κ2) is 6.79. The average Bonchev–Trinajstić information content (AvgIpc) is 3.16. The van der Waals surface area contributed by atoms with Crippen LogP contribution in [-0.4, -0.2) is 31.3 Å². The molecule has 1 unspecified atom stereocenters. The molecule has 3 rings (SSSR count). The summed E-state index contributed by atoms with van der Waals surface area (Å²) in [6, 6.07) is 0. The number of aromatic nitrogens is 4. The molecule has 122 valence electrons. The highest BCUT2D eigenvalue weighted by Gasteiger charge is 2.21. The molecular formula is C14H17N5O2S2. The van der Waals surface area contributed by atoms with Crippen LogP contribution in [0.5, 0.6) is 0 Å². The van der Waals surface area contributed by atoms with E-state index in [2.05, 4.69) is 25.5 Å². The van der Waals surface area contributed by atoms with E-state index in [0.717, 1.165) is 41.9 Å². The fourth-order valence-corrected chi connectivity index (χ4v) is 3.85. The maximum Gasteiger partial charge on any atom is 0.254 e. The van der Waals surface area contributed by atoms with Crippen molar-refractivity contribution < 1.29 is 4.79 Å². The van der Waals surface area contributed by atoms with Crippen LogP contribution in [0, 0.1) is 0 Å². The van der Waals surface area contributed by atoms with Gasteiger partial charge >= 0.3 is 0 Å². The van der Waals surface area contributed by atoms with Gasteiger partial charge in [0.25, 0.3) is 5.56 Å². The monoisotopic (exact) mass is 351 g/mol. The van der Waals surface area contributed by atoms with Crippen molar-refractivity contribution in [2.24, 2.45) is 0 Å². The first kappa shape index (κ1) is 16.1. The van der Waals surface area contributed by atoms with Gasteiger partial charge in [-0.2, -0.15) is 0 Å². The average molecular weight is 351 g/mol. The zero-order valence-corrected chi connectivity index (χ0v) is 14.5. The minimum atomic E-state index is -0.397. The van der Waals surface area contributed by atoms with Gasteiger partial charge in [0.1, 0.15) is 5.01 Å². The number of aryl methyl sites for hydroxylation is 2. The van der Waals surface area contributed by atoms with Crippen molar-refractivity contribution in [3.63, 3.8) is 0 Å². The maximum atomic E-state index is 12.2. The Morgan fingerprint density at radius 1 is 1.43 bits per heavy atom. The summed E-state index contributed by atoms with van der Waals surface area (Å²) in [7, 11) is 0. The number of rotatable bonds is 5. The van der Waals surface area contributed by atoms with Gasteiger partial charge in [-0.25, -0.2) is 4.98 Å². The maximum absolute atomic E-state index is 12.2. The lowest BCUT2D eigenvalue weighted by atomic mass is 10.3. The summed E-state index contributed by atoms with van der Waals surface area (Å²) in [6.45, 7) is 3.76. The van der Waals surface area contributed by atoms with Crippen molar-refractivity contribution in [2.75, 3.05) is 5.32 Å². The standard InChI is InChI=1S/C14H17N5O2S2/c1-3-10-18-19-14(23-10)16-11(20)7(2)22-13-15-9-6-4-5-8(9)12(21)17-13/h7H,3-6H2,1-2H3,(H,15,17,21)(H,16,19,20). The lowest BCUT2D eigenvalue weighted by molar-refractivity contribution is -0.115. The number of nitrogens with zero attached hydrogens (tertiary/aromatic N) is 3. The molecule has 0 bridgehead atoms. The van der Waals surface area contributed by atoms with Crippen molar-refractivity contribution in [3.05, 3.63) is 26.6 Å². The molecule has 0 saturated heterocycles. The molecule has 2 aromatic heterocycles. The second-order valence-electron chi connectivity index (χ2n) is 5.25. The van der Waals surface area contributed by atoms with Gasteiger partial charge in [0.15, 0.2) is 5.16 Å². The van der Waals surface area contributed by atoms with E-state index in [1.54, 1.807) is 6.92 Å². The number of carbonyl (C=O) groups excluding carboxylic acids is 1. The van der Waals surface area contributed by atoms with Gasteiger partial charge in [-0.05, 0) is 32.6 Å². The number of H-pyrrole nitrogens is 1. The van der Waals surface area contributed by atoms with Crippen molar-refractivity contribution >= 4 is 34.1 Å². The lowest BCUT2D eigenvalue weighted by Gasteiger charge is -2.10. The van der Waals surface area contributed by atoms with Crippen LogP contribution in [0.2, 0.25) is 0 Å². The molecule has 0 spiro atoms. The Kier molecular flexibility index (Phi) is 4.76. The predicted molar refractivity (Wildman–Crippen MR) is 90.1 cm³/mol. The van der Waals surface area contributed by atoms with Crippen molar-refractivity contribution in [3.8, 4) is 0 Å². The number of thioether (sulfide) groups is 1. The molecule has 0 fully saturated rings. The Labute approximate surface area is 141 Å². The summed E-state index contributed by atoms with van der Waals surface area (Å²) in [6.07, 6.45) is 3.37. The van der Waals surface area contributed by atoms with Crippen LogP contribution in [-0.2, 0) is 24.1 Å². The third-order valence-corrected chi connectivity index (χ3v) is 5.54. The van der Waals surface area contributed by atoms with Gasteiger partial charge in [0.05, 0.1) is 10.9 Å². The number of hydrogen-bond acceptors (Lipinski definition) is 7. The first-order valence-corrected chi connectivity index (χ1v) is 9.18. The van der Waals surface area contributed by atoms with Gasteiger partial charge in [-0.1, -0.05) is 30.0 Å². The van der Waals surface area contributed by atoms with E-state index < -0.39 is 5.25 Å². The molecule has 2 aromatic rings. The fraction of sp³-hybridized carbons (Fsp3) is 0.500. The lowest BCUT2D eigenvalue weighted by Crippen LogP contribution is -2.23. The number of anilines is 1. The normalized spacial score (nSPS) is 14.5. The summed E-state index contributed by atoms with van der Waals surface area (Å²) in [5, 5.41) is 12.1. The topological polar surface area (TPSA) is 101 Å². The molecule has 23 heavy (non-hydrogen) atoms. The third-order valence-electron chi connectivity index (χ3n) is 3.58. The van der Waals surface area contributed by atoms with E-state index in [9.17, 15) is 9.59 Å². The Morgan fingerprint density at radius 3 is 3.00 bits per heavy atom. The molecule has 2 N–H and O–H groups in total. The Hall–Kier alpha value is -1.74. The number of hydrogen-bond donors (Lipinski definition) is 2. The van der Waals surface area contributed by atoms with E-state index in [1.807, 2.05) is 6.92 Å². The van der Waals surface area contributed by atoms with Gasteiger partial charge in [-0.3, -0.25) is 14.9 Å². The highest BCUT2D eigenvalue weighted by Crippen LogP contribution is 2.24. The summed E-state index contributed by atoms with van der Waals surface area (Å²) in [5.74, 6) is -0.183. The van der Waals surface area contributed by atoms with Crippen LogP contribution < -0.4 is 10.9 Å². The molecule has 0 aromatic carbocycles. The van der Waals surface area contributed by atoms with Crippen LogP contribution in [0.4, 0.5) is 5.13 Å². The molecule has 7 nitrogen and oxygen atoms in total. The van der Waals surface area contributed by atoms with Crippen LogP contribution in [0.1, 0.15) is 36.5 Å². The van der Waals surface area contributed by atoms with Crippen LogP contribution >= 0.6 is 23.1 Å². The molecule has 9 heteroatoms. The van der Waals surface area contributed by atoms with E-state index in [0.29, 0.717) is 10.3 Å². The molecule has 1 atom stereocenters. The minimum absolute atomic E-state index is 0.0840. The van der Waals surface area contributed by atoms with Crippen LogP contribution in [0.3, 0.4) is 0 Å². The molecule has 2 heterocycles. The smallest absolute Gasteiger partial charge is 0.254 e. The molecule has 1 aliphatic carbocycles. The quantitative estimate of drug-likeness (QED) is 0.629. The molecule has 1 aliphatic rings. The minimum Gasteiger partial charge on any atom is -0.301 e. The number of carbonyl (C=O) groups is 1. The Bertz CT molecular complexity index is 786. The zero-order valence-electron chi connectivity index (χ0n) is 12.9. The third kappa shape index (κ3) is 3.61. The Balaban J connectivity index is 1.66. The molecular weight excluding hydrogens is 334 g/mol. The summed E-state index contributed by atoms with van der Waals surface area (Å²) in [4.78, 5) is 31.4. The summed E-state index contributed by atoms with van der Waals surface area (Å²) < 4.78 is 0. The molecule has 0 saturated carbocycles. The highest BCUT2D eigenvalue weighted by molar-refractivity contribution is 8.00. The van der Waals surface area contributed by atoms with Crippen LogP contribution in [0.25, 0.3) is 0 Å². The van der Waals surface area contributed by atoms with Gasteiger partial charge < -0.3 is 4.98 Å². The van der Waals surface area contributed by atoms with E-state index in [1.165, 1.54) is 23.1 Å². The first-order valence-electron chi connectivity index (χ1n) is 7.48. The van der Waals surface area contributed by atoms with Crippen molar-refractivity contribution in [2.45, 2.75) is 49.9 Å². The predicted octanol–water partition coefficient (Wildman–Crippen LogP) is 1.79. The highest BCUT2D eigenvalue weighted by atomic mass is 32.2. The molecule has 0 aliphatic heterocycles. The SMILES string of the molecule is CCc1nnc(NC(=O)C(C)Sc2nc3c(c(=O)[nH]2)CCC3)s1. The number of amides is 1. The van der Waals surface area contributed by atoms with Gasteiger partial charge in [0, 0.05) is 5.56 Å². The van der Waals surface area contributed by atoms with Crippen molar-refractivity contribution in [1.82, 2.24) is 20.2 Å². The van der Waals surface area contributed by atoms with Crippen LogP contribution in [0.15, 0.2) is 9.95 Å². The molecule has 0 radical (unpaired) electrons.